The van der Waals surface area contributed by atoms with Crippen LogP contribution >= 0.6 is 0 Å². The highest BCUT2D eigenvalue weighted by Crippen LogP contribution is 2.07. The Morgan fingerprint density at radius 1 is 1.19 bits per heavy atom. The van der Waals surface area contributed by atoms with Gasteiger partial charge in [0.2, 0.25) is 0 Å². The van der Waals surface area contributed by atoms with E-state index in [0.717, 1.165) is 18.4 Å². The summed E-state index contributed by atoms with van der Waals surface area (Å²) in [6.45, 7) is 0.892. The Hall–Kier alpha value is -0.750. The molecule has 0 saturated heterocycles. The molecular weight excluding hydrogens is 226 g/mol. The van der Waals surface area contributed by atoms with Crippen molar-refractivity contribution in [1.82, 2.24) is 0 Å². The average molecular weight is 242 g/mol. The van der Waals surface area contributed by atoms with E-state index in [1.807, 2.05) is 24.3 Å². The summed E-state index contributed by atoms with van der Waals surface area (Å²) in [5.74, 6) is 0. The number of hydrogen-bond donors (Lipinski definition) is 1. The maximum atomic E-state index is 10.1. The minimum atomic E-state index is -2.41. The molecule has 0 spiro atoms. The van der Waals surface area contributed by atoms with Crippen LogP contribution in [0.5, 0.6) is 0 Å². The van der Waals surface area contributed by atoms with Gasteiger partial charge in [-0.3, -0.25) is 0 Å². The van der Waals surface area contributed by atoms with Gasteiger partial charge in [-0.1, -0.05) is 24.3 Å². The Balaban J connectivity index is 2.36. The molecular formula is C11H16NO3S-. The highest BCUT2D eigenvalue weighted by Gasteiger charge is 1.95. The van der Waals surface area contributed by atoms with E-state index in [2.05, 4.69) is 4.18 Å². The lowest BCUT2D eigenvalue weighted by molar-refractivity contribution is 0.304. The number of benzene rings is 1. The third-order valence-electron chi connectivity index (χ3n) is 2.26. The van der Waals surface area contributed by atoms with Crippen molar-refractivity contribution >= 4 is 11.4 Å². The van der Waals surface area contributed by atoms with Gasteiger partial charge in [-0.15, -0.1) is 0 Å². The highest BCUT2D eigenvalue weighted by atomic mass is 32.2. The van der Waals surface area contributed by atoms with Gasteiger partial charge in [-0.05, 0) is 36.9 Å². The van der Waals surface area contributed by atoms with Crippen LogP contribution in [0.4, 0.5) is 0 Å². The average Bonchev–Trinajstić information content (AvgIpc) is 2.27. The molecule has 90 valence electrons. The third-order valence-corrected chi connectivity index (χ3v) is 2.62. The van der Waals surface area contributed by atoms with Crippen molar-refractivity contribution in [2.45, 2.75) is 19.3 Å². The second-order valence-electron chi connectivity index (χ2n) is 3.48. The molecule has 1 aromatic carbocycles. The SMILES string of the molecule is NCCCc1ccc(CCOS(=O)[O-])cc1. The summed E-state index contributed by atoms with van der Waals surface area (Å²) in [5.41, 5.74) is 7.75. The van der Waals surface area contributed by atoms with Gasteiger partial charge in [-0.2, -0.15) is 0 Å². The molecule has 1 atom stereocenters. The minimum absolute atomic E-state index is 0.193. The zero-order chi connectivity index (χ0) is 11.8. The van der Waals surface area contributed by atoms with E-state index in [4.69, 9.17) is 5.73 Å². The smallest absolute Gasteiger partial charge is 0.0842 e. The van der Waals surface area contributed by atoms with Crippen LogP contribution in [0.1, 0.15) is 17.5 Å². The summed E-state index contributed by atoms with van der Waals surface area (Å²) in [4.78, 5) is 0. The molecule has 5 heteroatoms. The molecule has 0 amide bonds. The summed E-state index contributed by atoms with van der Waals surface area (Å²) in [6, 6.07) is 8.06. The third kappa shape index (κ3) is 5.37. The molecule has 0 aliphatic carbocycles. The van der Waals surface area contributed by atoms with Crippen LogP contribution in [-0.2, 0) is 28.4 Å². The molecule has 1 rings (SSSR count). The zero-order valence-corrected chi connectivity index (χ0v) is 9.87. The lowest BCUT2D eigenvalue weighted by atomic mass is 10.1. The van der Waals surface area contributed by atoms with E-state index >= 15 is 0 Å². The number of hydrogen-bond acceptors (Lipinski definition) is 4. The second kappa shape index (κ2) is 7.51. The molecule has 0 heterocycles. The largest absolute Gasteiger partial charge is 0.750 e. The van der Waals surface area contributed by atoms with Crippen LogP contribution in [0.25, 0.3) is 0 Å². The molecule has 0 aliphatic heterocycles. The second-order valence-corrected chi connectivity index (χ2v) is 4.13. The van der Waals surface area contributed by atoms with Crippen molar-refractivity contribution < 1.29 is 12.9 Å². The first-order chi connectivity index (χ1) is 7.72. The van der Waals surface area contributed by atoms with Crippen molar-refractivity contribution in [3.8, 4) is 0 Å². The van der Waals surface area contributed by atoms with E-state index < -0.39 is 11.4 Å². The van der Waals surface area contributed by atoms with Crippen LogP contribution in [0.2, 0.25) is 0 Å². The van der Waals surface area contributed by atoms with Crippen LogP contribution in [0.15, 0.2) is 24.3 Å². The summed E-state index contributed by atoms with van der Waals surface area (Å²) in [6.07, 6.45) is 2.57. The molecule has 0 fully saturated rings. The standard InChI is InChI=1S/C11H17NO3S/c12-8-1-2-10-3-5-11(6-4-10)7-9-15-16(13)14/h3-6H,1-2,7-9,12H2,(H,13,14)/p-1. The quantitative estimate of drug-likeness (QED) is 0.722. The van der Waals surface area contributed by atoms with Crippen molar-refractivity contribution in [3.05, 3.63) is 35.4 Å². The first-order valence-electron chi connectivity index (χ1n) is 5.23. The topological polar surface area (TPSA) is 75.4 Å². The molecule has 0 saturated carbocycles. The number of rotatable bonds is 7. The first-order valence-corrected chi connectivity index (χ1v) is 6.23. The van der Waals surface area contributed by atoms with E-state index in [-0.39, 0.29) is 6.61 Å². The fourth-order valence-corrected chi connectivity index (χ4v) is 1.63. The number of nitrogens with two attached hydrogens (primary N) is 1. The van der Waals surface area contributed by atoms with Crippen molar-refractivity contribution in [1.29, 1.82) is 0 Å². The number of aryl methyl sites for hydroxylation is 1. The molecule has 0 bridgehead atoms. The maximum absolute atomic E-state index is 10.1. The van der Waals surface area contributed by atoms with Crippen LogP contribution in [0, 0.1) is 0 Å². The summed E-state index contributed by atoms with van der Waals surface area (Å²) in [7, 11) is 0. The van der Waals surface area contributed by atoms with Gasteiger partial charge < -0.3 is 14.5 Å². The lowest BCUT2D eigenvalue weighted by Gasteiger charge is -2.06. The van der Waals surface area contributed by atoms with Gasteiger partial charge in [0.1, 0.15) is 0 Å². The molecule has 1 unspecified atom stereocenters. The van der Waals surface area contributed by atoms with E-state index in [1.54, 1.807) is 0 Å². The van der Waals surface area contributed by atoms with Crippen LogP contribution in [-0.4, -0.2) is 21.9 Å². The molecule has 0 radical (unpaired) electrons. The Labute approximate surface area is 98.3 Å². The Kier molecular flexibility index (Phi) is 6.25. The zero-order valence-electron chi connectivity index (χ0n) is 9.06. The fourth-order valence-electron chi connectivity index (χ4n) is 1.41. The lowest BCUT2D eigenvalue weighted by Crippen LogP contribution is -2.02. The predicted molar refractivity (Wildman–Crippen MR) is 62.4 cm³/mol. The maximum Gasteiger partial charge on any atom is 0.0842 e. The first kappa shape index (κ1) is 13.3. The van der Waals surface area contributed by atoms with E-state index in [0.29, 0.717) is 13.0 Å². The summed E-state index contributed by atoms with van der Waals surface area (Å²) < 4.78 is 24.7. The fraction of sp³-hybridized carbons (Fsp3) is 0.455. The van der Waals surface area contributed by atoms with Gasteiger partial charge in [0, 0.05) is 0 Å². The highest BCUT2D eigenvalue weighted by molar-refractivity contribution is 7.74. The molecule has 16 heavy (non-hydrogen) atoms. The molecule has 0 aliphatic rings. The van der Waals surface area contributed by atoms with Gasteiger partial charge in [0.15, 0.2) is 0 Å². The van der Waals surface area contributed by atoms with Gasteiger partial charge in [0.05, 0.1) is 18.0 Å². The van der Waals surface area contributed by atoms with Crippen LogP contribution < -0.4 is 5.73 Å². The van der Waals surface area contributed by atoms with Gasteiger partial charge in [0.25, 0.3) is 0 Å². The Morgan fingerprint density at radius 3 is 2.25 bits per heavy atom. The van der Waals surface area contributed by atoms with Crippen molar-refractivity contribution in [2.75, 3.05) is 13.2 Å². The molecule has 1 aromatic rings. The Morgan fingerprint density at radius 2 is 1.75 bits per heavy atom. The van der Waals surface area contributed by atoms with Gasteiger partial charge >= 0.3 is 0 Å². The summed E-state index contributed by atoms with van der Waals surface area (Å²) >= 11 is -2.41. The normalized spacial score (nSPS) is 12.6. The monoisotopic (exact) mass is 242 g/mol. The summed E-state index contributed by atoms with van der Waals surface area (Å²) in [5, 5.41) is 0. The Bertz CT molecular complexity index is 327. The van der Waals surface area contributed by atoms with Crippen molar-refractivity contribution in [2.24, 2.45) is 5.73 Å². The predicted octanol–water partition coefficient (Wildman–Crippen LogP) is 0.931. The van der Waals surface area contributed by atoms with Crippen LogP contribution in [0.3, 0.4) is 0 Å². The van der Waals surface area contributed by atoms with E-state index in [1.165, 1.54) is 5.56 Å². The molecule has 2 N–H and O–H groups in total. The van der Waals surface area contributed by atoms with E-state index in [9.17, 15) is 8.76 Å². The molecule has 0 aromatic heterocycles. The van der Waals surface area contributed by atoms with Crippen molar-refractivity contribution in [3.63, 3.8) is 0 Å². The minimum Gasteiger partial charge on any atom is -0.750 e. The van der Waals surface area contributed by atoms with Gasteiger partial charge in [-0.25, -0.2) is 4.21 Å². The molecule has 4 nitrogen and oxygen atoms in total.